The number of amides is 1. The number of furan rings is 1. The second-order valence-electron chi connectivity index (χ2n) is 6.50. The molecule has 0 aliphatic rings. The molecule has 0 fully saturated rings. The molecule has 0 saturated heterocycles. The van der Waals surface area contributed by atoms with Crippen LogP contribution in [0.15, 0.2) is 58.3 Å². The molecule has 0 aliphatic carbocycles. The molecule has 0 bridgehead atoms. The summed E-state index contributed by atoms with van der Waals surface area (Å²) in [5.41, 5.74) is 2.77. The van der Waals surface area contributed by atoms with Crippen LogP contribution in [0.1, 0.15) is 34.3 Å². The van der Waals surface area contributed by atoms with Crippen LogP contribution in [0.2, 0.25) is 0 Å². The zero-order chi connectivity index (χ0) is 19.9. The molecule has 3 aromatic rings. The van der Waals surface area contributed by atoms with Crippen LogP contribution in [0.4, 0.5) is 5.82 Å². The van der Waals surface area contributed by atoms with Crippen LogP contribution in [0.3, 0.4) is 0 Å². The van der Waals surface area contributed by atoms with Crippen LogP contribution in [0.5, 0.6) is 0 Å². The molecule has 1 amide bonds. The normalized spacial score (nSPS) is 10.7. The van der Waals surface area contributed by atoms with Gasteiger partial charge >= 0.3 is 0 Å². The van der Waals surface area contributed by atoms with E-state index in [2.05, 4.69) is 22.2 Å². The summed E-state index contributed by atoms with van der Waals surface area (Å²) in [7, 11) is 3.96. The lowest BCUT2D eigenvalue weighted by molar-refractivity contribution is 0.0948. The summed E-state index contributed by atoms with van der Waals surface area (Å²) in [5.74, 6) is 2.27. The molecular weight excluding hydrogens is 372 g/mol. The average Bonchev–Trinajstić information content (AvgIpc) is 3.24. The van der Waals surface area contributed by atoms with Crippen molar-refractivity contribution >= 4 is 23.5 Å². The molecule has 28 heavy (non-hydrogen) atoms. The third-order valence-corrected chi connectivity index (χ3v) is 5.07. The second-order valence-corrected chi connectivity index (χ2v) is 7.44. The maximum atomic E-state index is 12.2. The van der Waals surface area contributed by atoms with Gasteiger partial charge in [0.25, 0.3) is 5.91 Å². The van der Waals surface area contributed by atoms with E-state index in [0.717, 1.165) is 40.2 Å². The number of rotatable bonds is 8. The van der Waals surface area contributed by atoms with Crippen LogP contribution >= 0.6 is 11.8 Å². The summed E-state index contributed by atoms with van der Waals surface area (Å²) in [6, 6.07) is 13.2. The number of hydrogen-bond acceptors (Lipinski definition) is 6. The Morgan fingerprint density at radius 1 is 1.18 bits per heavy atom. The van der Waals surface area contributed by atoms with Crippen molar-refractivity contribution in [2.24, 2.45) is 0 Å². The first-order chi connectivity index (χ1) is 13.5. The molecule has 1 aromatic carbocycles. The van der Waals surface area contributed by atoms with Gasteiger partial charge in [0.2, 0.25) is 0 Å². The number of hydrogen-bond donors (Lipinski definition) is 1. The van der Waals surface area contributed by atoms with Gasteiger partial charge in [-0.3, -0.25) is 4.79 Å². The molecule has 3 rings (SSSR count). The van der Waals surface area contributed by atoms with Crippen molar-refractivity contribution in [3.63, 3.8) is 0 Å². The van der Waals surface area contributed by atoms with E-state index in [-0.39, 0.29) is 5.91 Å². The number of benzene rings is 1. The van der Waals surface area contributed by atoms with Crippen LogP contribution < -0.4 is 10.2 Å². The van der Waals surface area contributed by atoms with Crippen molar-refractivity contribution in [1.82, 2.24) is 15.3 Å². The minimum Gasteiger partial charge on any atom is -0.467 e. The lowest BCUT2D eigenvalue weighted by Gasteiger charge is -2.13. The Morgan fingerprint density at radius 3 is 2.61 bits per heavy atom. The van der Waals surface area contributed by atoms with Gasteiger partial charge < -0.3 is 14.6 Å². The zero-order valence-electron chi connectivity index (χ0n) is 16.3. The Bertz CT molecular complexity index is 909. The summed E-state index contributed by atoms with van der Waals surface area (Å²) in [6.07, 6.45) is 2.47. The minimum absolute atomic E-state index is 0.120. The molecule has 0 atom stereocenters. The molecule has 6 nitrogen and oxygen atoms in total. The van der Waals surface area contributed by atoms with Gasteiger partial charge in [-0.05, 0) is 36.2 Å². The van der Waals surface area contributed by atoms with E-state index in [0.29, 0.717) is 12.1 Å². The highest BCUT2D eigenvalue weighted by atomic mass is 32.2. The maximum absolute atomic E-state index is 12.2. The van der Waals surface area contributed by atoms with E-state index < -0.39 is 0 Å². The molecule has 0 radical (unpaired) electrons. The third-order valence-electron chi connectivity index (χ3n) is 4.15. The summed E-state index contributed by atoms with van der Waals surface area (Å²) in [6.45, 7) is 2.47. The van der Waals surface area contributed by atoms with Crippen molar-refractivity contribution in [3.05, 3.63) is 71.3 Å². The monoisotopic (exact) mass is 396 g/mol. The molecule has 2 aromatic heterocycles. The predicted octanol–water partition coefficient (Wildman–Crippen LogP) is 3.92. The third kappa shape index (κ3) is 5.36. The van der Waals surface area contributed by atoms with Crippen LogP contribution in [-0.4, -0.2) is 30.0 Å². The number of thioether (sulfide) groups is 1. The van der Waals surface area contributed by atoms with Gasteiger partial charge in [-0.15, -0.1) is 0 Å². The zero-order valence-corrected chi connectivity index (χ0v) is 17.1. The Kier molecular flexibility index (Phi) is 6.71. The fourth-order valence-corrected chi connectivity index (χ4v) is 3.35. The van der Waals surface area contributed by atoms with Crippen molar-refractivity contribution in [3.8, 4) is 0 Å². The van der Waals surface area contributed by atoms with E-state index in [9.17, 15) is 4.79 Å². The Labute approximate surface area is 169 Å². The van der Waals surface area contributed by atoms with Gasteiger partial charge in [0.1, 0.15) is 11.6 Å². The van der Waals surface area contributed by atoms with Crippen molar-refractivity contribution in [2.75, 3.05) is 19.0 Å². The molecule has 0 saturated carbocycles. The molecule has 0 unspecified atom stereocenters. The van der Waals surface area contributed by atoms with Crippen molar-refractivity contribution in [2.45, 2.75) is 30.8 Å². The smallest absolute Gasteiger partial charge is 0.251 e. The summed E-state index contributed by atoms with van der Waals surface area (Å²) < 4.78 is 5.22. The topological polar surface area (TPSA) is 71.3 Å². The fraction of sp³-hybridized carbons (Fsp3) is 0.286. The lowest BCUT2D eigenvalue weighted by atomic mass is 10.1. The highest BCUT2D eigenvalue weighted by Gasteiger charge is 2.09. The molecule has 1 N–H and O–H groups in total. The molecular formula is C21H24N4O2S. The lowest BCUT2D eigenvalue weighted by Crippen LogP contribution is -2.22. The molecule has 0 spiro atoms. The van der Waals surface area contributed by atoms with Gasteiger partial charge in [0.05, 0.1) is 12.8 Å². The molecule has 146 valence electrons. The summed E-state index contributed by atoms with van der Waals surface area (Å²) in [4.78, 5) is 23.4. The minimum atomic E-state index is -0.120. The van der Waals surface area contributed by atoms with Gasteiger partial charge in [-0.1, -0.05) is 30.8 Å². The number of carbonyl (C=O) groups excluding carboxylic acids is 1. The first-order valence-electron chi connectivity index (χ1n) is 9.12. The molecule has 2 heterocycles. The highest BCUT2D eigenvalue weighted by Crippen LogP contribution is 2.22. The largest absolute Gasteiger partial charge is 0.467 e. The fourth-order valence-electron chi connectivity index (χ4n) is 2.52. The van der Waals surface area contributed by atoms with Crippen molar-refractivity contribution < 1.29 is 9.21 Å². The average molecular weight is 397 g/mol. The van der Waals surface area contributed by atoms with Gasteiger partial charge in [-0.25, -0.2) is 9.97 Å². The number of nitrogens with one attached hydrogen (secondary N) is 1. The predicted molar refractivity (Wildman–Crippen MR) is 112 cm³/mol. The summed E-state index contributed by atoms with van der Waals surface area (Å²) >= 11 is 1.60. The number of aromatic nitrogens is 2. The van der Waals surface area contributed by atoms with E-state index in [1.165, 1.54) is 0 Å². The van der Waals surface area contributed by atoms with E-state index in [1.54, 1.807) is 24.1 Å². The van der Waals surface area contributed by atoms with E-state index in [4.69, 9.17) is 4.42 Å². The van der Waals surface area contributed by atoms with Gasteiger partial charge in [0, 0.05) is 37.2 Å². The van der Waals surface area contributed by atoms with Crippen LogP contribution in [0.25, 0.3) is 0 Å². The number of anilines is 1. The van der Waals surface area contributed by atoms with E-state index >= 15 is 0 Å². The standard InChI is InChI=1S/C21H24N4O2S/c1-4-17-12-19(25(2)3)24-21(23-17)28-14-15-7-9-16(10-8-15)20(26)22-13-18-6-5-11-27-18/h5-12H,4,13-14H2,1-3H3,(H,22,26). The second kappa shape index (κ2) is 9.41. The highest BCUT2D eigenvalue weighted by molar-refractivity contribution is 7.98. The molecule has 0 aliphatic heterocycles. The van der Waals surface area contributed by atoms with Crippen LogP contribution in [-0.2, 0) is 18.7 Å². The van der Waals surface area contributed by atoms with E-state index in [1.807, 2.05) is 55.4 Å². The van der Waals surface area contributed by atoms with Crippen LogP contribution in [0, 0.1) is 0 Å². The Balaban J connectivity index is 1.58. The first-order valence-corrected chi connectivity index (χ1v) is 10.1. The number of carbonyl (C=O) groups is 1. The Hall–Kier alpha value is -2.80. The number of aryl methyl sites for hydroxylation is 1. The number of nitrogens with zero attached hydrogens (tertiary/aromatic N) is 3. The molecule has 7 heteroatoms. The van der Waals surface area contributed by atoms with Crippen molar-refractivity contribution in [1.29, 1.82) is 0 Å². The quantitative estimate of drug-likeness (QED) is 0.460. The Morgan fingerprint density at radius 2 is 1.96 bits per heavy atom. The SMILES string of the molecule is CCc1cc(N(C)C)nc(SCc2ccc(C(=O)NCc3ccco3)cc2)n1. The van der Waals surface area contributed by atoms with Gasteiger partial charge in [0.15, 0.2) is 5.16 Å². The maximum Gasteiger partial charge on any atom is 0.251 e. The first kappa shape index (κ1) is 19.9. The summed E-state index contributed by atoms with van der Waals surface area (Å²) in [5, 5.41) is 3.61. The van der Waals surface area contributed by atoms with Gasteiger partial charge in [-0.2, -0.15) is 0 Å².